The minimum atomic E-state index is -3.39. The maximum absolute atomic E-state index is 13.2. The lowest BCUT2D eigenvalue weighted by molar-refractivity contribution is 0.103. The molecule has 2 rings (SSSR count). The lowest BCUT2D eigenvalue weighted by Gasteiger charge is -2.06. The predicted octanol–water partition coefficient (Wildman–Crippen LogP) is 2.77. The summed E-state index contributed by atoms with van der Waals surface area (Å²) < 4.78 is 36.2. The lowest BCUT2D eigenvalue weighted by atomic mass is 9.99. The number of ketones is 1. The van der Waals surface area contributed by atoms with Crippen LogP contribution < -0.4 is 0 Å². The molecule has 3 nitrogen and oxygen atoms in total. The van der Waals surface area contributed by atoms with Crippen LogP contribution in [0, 0.1) is 12.7 Å². The molecule has 20 heavy (non-hydrogen) atoms. The second kappa shape index (κ2) is 5.17. The van der Waals surface area contributed by atoms with E-state index < -0.39 is 21.4 Å². The summed E-state index contributed by atoms with van der Waals surface area (Å²) in [7, 11) is -3.39. The molecule has 0 aromatic heterocycles. The monoisotopic (exact) mass is 292 g/mol. The average Bonchev–Trinajstić information content (AvgIpc) is 2.40. The molecule has 104 valence electrons. The maximum atomic E-state index is 13.2. The van der Waals surface area contributed by atoms with Crippen molar-refractivity contribution >= 4 is 15.6 Å². The third-order valence-corrected chi connectivity index (χ3v) is 4.08. The van der Waals surface area contributed by atoms with Gasteiger partial charge in [-0.25, -0.2) is 12.8 Å². The van der Waals surface area contributed by atoms with Gasteiger partial charge in [0.2, 0.25) is 0 Å². The molecule has 0 heterocycles. The van der Waals surface area contributed by atoms with Gasteiger partial charge in [-0.3, -0.25) is 4.79 Å². The molecule has 0 amide bonds. The van der Waals surface area contributed by atoms with Crippen molar-refractivity contribution in [2.24, 2.45) is 0 Å². The SMILES string of the molecule is Cc1ccc(F)cc1C(=O)c1cccc(S(C)(=O)=O)c1. The molecule has 0 unspecified atom stereocenters. The fraction of sp³-hybridized carbons (Fsp3) is 0.133. The highest BCUT2D eigenvalue weighted by atomic mass is 32.2. The van der Waals surface area contributed by atoms with Crippen molar-refractivity contribution < 1.29 is 17.6 Å². The predicted molar refractivity (Wildman–Crippen MR) is 74.1 cm³/mol. The Morgan fingerprint density at radius 2 is 1.80 bits per heavy atom. The van der Waals surface area contributed by atoms with E-state index in [1.807, 2.05) is 0 Å². The van der Waals surface area contributed by atoms with Crippen molar-refractivity contribution in [3.63, 3.8) is 0 Å². The zero-order valence-electron chi connectivity index (χ0n) is 11.1. The third kappa shape index (κ3) is 2.93. The number of aryl methyl sites for hydroxylation is 1. The molecule has 0 saturated heterocycles. The Bertz CT molecular complexity index is 779. The summed E-state index contributed by atoms with van der Waals surface area (Å²) >= 11 is 0. The van der Waals surface area contributed by atoms with Gasteiger partial charge in [-0.05, 0) is 36.8 Å². The van der Waals surface area contributed by atoms with Gasteiger partial charge in [0.1, 0.15) is 5.82 Å². The first-order valence-electron chi connectivity index (χ1n) is 5.90. The van der Waals surface area contributed by atoms with E-state index in [4.69, 9.17) is 0 Å². The van der Waals surface area contributed by atoms with Gasteiger partial charge in [-0.15, -0.1) is 0 Å². The van der Waals surface area contributed by atoms with Crippen LogP contribution in [0.3, 0.4) is 0 Å². The number of rotatable bonds is 3. The Morgan fingerprint density at radius 1 is 1.10 bits per heavy atom. The molecule has 2 aromatic rings. The zero-order valence-corrected chi connectivity index (χ0v) is 11.9. The highest BCUT2D eigenvalue weighted by Crippen LogP contribution is 2.18. The van der Waals surface area contributed by atoms with Crippen LogP contribution in [0.25, 0.3) is 0 Å². The van der Waals surface area contributed by atoms with E-state index in [0.29, 0.717) is 5.56 Å². The molecule has 0 aliphatic rings. The van der Waals surface area contributed by atoms with E-state index in [9.17, 15) is 17.6 Å². The van der Waals surface area contributed by atoms with E-state index >= 15 is 0 Å². The molecule has 0 aliphatic heterocycles. The number of halogens is 1. The molecule has 2 aromatic carbocycles. The van der Waals surface area contributed by atoms with Crippen LogP contribution in [0.2, 0.25) is 0 Å². The number of hydrogen-bond donors (Lipinski definition) is 0. The van der Waals surface area contributed by atoms with E-state index in [0.717, 1.165) is 12.3 Å². The largest absolute Gasteiger partial charge is 0.289 e. The van der Waals surface area contributed by atoms with Gasteiger partial charge < -0.3 is 0 Å². The fourth-order valence-corrected chi connectivity index (χ4v) is 2.53. The van der Waals surface area contributed by atoms with Crippen molar-refractivity contribution in [3.05, 3.63) is 65.0 Å². The van der Waals surface area contributed by atoms with Gasteiger partial charge in [0.15, 0.2) is 15.6 Å². The smallest absolute Gasteiger partial charge is 0.193 e. The molecule has 0 spiro atoms. The van der Waals surface area contributed by atoms with Gasteiger partial charge in [-0.1, -0.05) is 18.2 Å². The molecular weight excluding hydrogens is 279 g/mol. The van der Waals surface area contributed by atoms with Crippen LogP contribution in [0.1, 0.15) is 21.5 Å². The zero-order chi connectivity index (χ0) is 14.9. The van der Waals surface area contributed by atoms with Crippen molar-refractivity contribution in [2.75, 3.05) is 6.26 Å². The van der Waals surface area contributed by atoms with Crippen molar-refractivity contribution in [3.8, 4) is 0 Å². The van der Waals surface area contributed by atoms with Crippen LogP contribution in [0.15, 0.2) is 47.4 Å². The van der Waals surface area contributed by atoms with Crippen LogP contribution in [0.5, 0.6) is 0 Å². The molecule has 0 atom stereocenters. The quantitative estimate of drug-likeness (QED) is 0.817. The number of carbonyl (C=O) groups is 1. The summed E-state index contributed by atoms with van der Waals surface area (Å²) in [5.74, 6) is -0.897. The fourth-order valence-electron chi connectivity index (χ4n) is 1.86. The summed E-state index contributed by atoms with van der Waals surface area (Å²) in [5.41, 5.74) is 1.10. The summed E-state index contributed by atoms with van der Waals surface area (Å²) in [6.07, 6.45) is 1.07. The second-order valence-electron chi connectivity index (χ2n) is 4.59. The number of carbonyl (C=O) groups excluding carboxylic acids is 1. The van der Waals surface area contributed by atoms with E-state index in [-0.39, 0.29) is 16.0 Å². The Kier molecular flexibility index (Phi) is 3.72. The third-order valence-electron chi connectivity index (χ3n) is 2.97. The number of sulfone groups is 1. The summed E-state index contributed by atoms with van der Waals surface area (Å²) in [6, 6.07) is 9.69. The first-order valence-corrected chi connectivity index (χ1v) is 7.79. The maximum Gasteiger partial charge on any atom is 0.193 e. The van der Waals surface area contributed by atoms with Crippen molar-refractivity contribution in [1.82, 2.24) is 0 Å². The van der Waals surface area contributed by atoms with E-state index in [2.05, 4.69) is 0 Å². The second-order valence-corrected chi connectivity index (χ2v) is 6.60. The van der Waals surface area contributed by atoms with Gasteiger partial charge in [0.05, 0.1) is 4.90 Å². The number of benzene rings is 2. The van der Waals surface area contributed by atoms with E-state index in [1.54, 1.807) is 6.92 Å². The Balaban J connectivity index is 2.52. The van der Waals surface area contributed by atoms with Gasteiger partial charge in [0.25, 0.3) is 0 Å². The summed E-state index contributed by atoms with van der Waals surface area (Å²) in [4.78, 5) is 12.4. The molecule has 0 N–H and O–H groups in total. The molecule has 0 saturated carbocycles. The molecule has 5 heteroatoms. The first kappa shape index (κ1) is 14.4. The minimum absolute atomic E-state index is 0.0670. The molecule has 0 fully saturated rings. The Hall–Kier alpha value is -2.01. The molecule has 0 bridgehead atoms. The molecular formula is C15H13FO3S. The Morgan fingerprint density at radius 3 is 2.45 bits per heavy atom. The molecule has 0 radical (unpaired) electrons. The summed E-state index contributed by atoms with van der Waals surface area (Å²) in [6.45, 7) is 1.70. The normalized spacial score (nSPS) is 11.3. The highest BCUT2D eigenvalue weighted by Gasteiger charge is 2.15. The molecule has 0 aliphatic carbocycles. The van der Waals surface area contributed by atoms with Crippen LogP contribution in [-0.2, 0) is 9.84 Å². The van der Waals surface area contributed by atoms with Crippen LogP contribution >= 0.6 is 0 Å². The topological polar surface area (TPSA) is 51.2 Å². The standard InChI is InChI=1S/C15H13FO3S/c1-10-6-7-12(16)9-14(10)15(17)11-4-3-5-13(8-11)20(2,18)19/h3-9H,1-2H3. The summed E-state index contributed by atoms with van der Waals surface area (Å²) in [5, 5.41) is 0. The highest BCUT2D eigenvalue weighted by molar-refractivity contribution is 7.90. The van der Waals surface area contributed by atoms with E-state index in [1.165, 1.54) is 36.4 Å². The number of hydrogen-bond acceptors (Lipinski definition) is 3. The van der Waals surface area contributed by atoms with Gasteiger partial charge >= 0.3 is 0 Å². The average molecular weight is 292 g/mol. The van der Waals surface area contributed by atoms with Gasteiger partial charge in [-0.2, -0.15) is 0 Å². The van der Waals surface area contributed by atoms with Gasteiger partial charge in [0, 0.05) is 17.4 Å². The van der Waals surface area contributed by atoms with Crippen molar-refractivity contribution in [2.45, 2.75) is 11.8 Å². The van der Waals surface area contributed by atoms with Crippen LogP contribution in [-0.4, -0.2) is 20.5 Å². The first-order chi connectivity index (χ1) is 9.29. The van der Waals surface area contributed by atoms with Crippen LogP contribution in [0.4, 0.5) is 4.39 Å². The lowest BCUT2D eigenvalue weighted by Crippen LogP contribution is -2.06. The Labute approximate surface area is 117 Å². The minimum Gasteiger partial charge on any atom is -0.289 e. The van der Waals surface area contributed by atoms with Crippen molar-refractivity contribution in [1.29, 1.82) is 0 Å².